The molecule has 1 aromatic heterocycles. The summed E-state index contributed by atoms with van der Waals surface area (Å²) in [5.41, 5.74) is 1.20. The number of carbonyl (C=O) groups is 1. The van der Waals surface area contributed by atoms with Crippen LogP contribution < -0.4 is 0 Å². The molecule has 4 nitrogen and oxygen atoms in total. The van der Waals surface area contributed by atoms with Gasteiger partial charge >= 0.3 is 0 Å². The Morgan fingerprint density at radius 3 is 2.93 bits per heavy atom. The van der Waals surface area contributed by atoms with Crippen LogP contribution in [0.25, 0.3) is 11.0 Å². The van der Waals surface area contributed by atoms with E-state index in [-0.39, 0.29) is 17.2 Å². The topological polar surface area (TPSA) is 63.1 Å². The minimum Gasteiger partial charge on any atom is -0.506 e. The number of fused-ring (bicyclic) bond motifs is 1. The van der Waals surface area contributed by atoms with Crippen LogP contribution in [0.1, 0.15) is 17.4 Å². The van der Waals surface area contributed by atoms with Crippen molar-refractivity contribution in [1.29, 1.82) is 0 Å². The maximum absolute atomic E-state index is 11.0. The second-order valence-corrected chi connectivity index (χ2v) is 2.96. The normalized spacial score (nSPS) is 10.4. The Morgan fingerprint density at radius 2 is 2.21 bits per heavy atom. The molecule has 0 aliphatic carbocycles. The molecule has 1 heterocycles. The predicted octanol–water partition coefficient (Wildman–Crippen LogP) is 1.54. The molecule has 0 aliphatic heterocycles. The van der Waals surface area contributed by atoms with E-state index in [4.69, 9.17) is 0 Å². The van der Waals surface area contributed by atoms with Crippen LogP contribution >= 0.6 is 0 Å². The molecule has 0 saturated carbocycles. The number of para-hydroxylation sites is 1. The molecule has 0 spiro atoms. The van der Waals surface area contributed by atoms with Crippen molar-refractivity contribution in [2.45, 2.75) is 6.92 Å². The van der Waals surface area contributed by atoms with Gasteiger partial charge in [-0.3, -0.25) is 9.78 Å². The quantitative estimate of drug-likeness (QED) is 0.689. The molecule has 2 rings (SSSR count). The summed E-state index contributed by atoms with van der Waals surface area (Å²) in [6.07, 6.45) is 1.41. The maximum atomic E-state index is 11.0. The fraction of sp³-hybridized carbons (Fsp3) is 0.100. The van der Waals surface area contributed by atoms with Gasteiger partial charge in [-0.2, -0.15) is 0 Å². The fourth-order valence-corrected chi connectivity index (χ4v) is 1.19. The number of nitrogens with zero attached hydrogens (tertiary/aromatic N) is 2. The van der Waals surface area contributed by atoms with Gasteiger partial charge in [-0.25, -0.2) is 4.98 Å². The lowest BCUT2D eigenvalue weighted by molar-refractivity contribution is 0.101. The smallest absolute Gasteiger partial charge is 0.179 e. The predicted molar refractivity (Wildman–Crippen MR) is 51.2 cm³/mol. The Labute approximate surface area is 80.2 Å². The van der Waals surface area contributed by atoms with Crippen LogP contribution in [0.3, 0.4) is 0 Å². The molecular weight excluding hydrogens is 180 g/mol. The van der Waals surface area contributed by atoms with Gasteiger partial charge in [-0.05, 0) is 12.1 Å². The van der Waals surface area contributed by atoms with Crippen LogP contribution in [0, 0.1) is 0 Å². The highest BCUT2D eigenvalue weighted by Crippen LogP contribution is 2.20. The van der Waals surface area contributed by atoms with Crippen LogP contribution in [0.4, 0.5) is 0 Å². The summed E-state index contributed by atoms with van der Waals surface area (Å²) in [6, 6.07) is 4.92. The van der Waals surface area contributed by atoms with E-state index in [9.17, 15) is 9.90 Å². The minimum absolute atomic E-state index is 0.0399. The molecule has 0 saturated heterocycles. The zero-order valence-electron chi connectivity index (χ0n) is 7.56. The average molecular weight is 188 g/mol. The first-order chi connectivity index (χ1) is 6.68. The van der Waals surface area contributed by atoms with Gasteiger partial charge in [0.05, 0.1) is 11.7 Å². The fourth-order valence-electron chi connectivity index (χ4n) is 1.19. The number of phenolic OH excluding ortho intramolecular Hbond substituents is 1. The third kappa shape index (κ3) is 1.31. The second-order valence-electron chi connectivity index (χ2n) is 2.96. The molecule has 0 fully saturated rings. The molecule has 1 aromatic carbocycles. The summed E-state index contributed by atoms with van der Waals surface area (Å²) >= 11 is 0. The molecule has 1 N–H and O–H groups in total. The lowest BCUT2D eigenvalue weighted by Crippen LogP contribution is -1.98. The van der Waals surface area contributed by atoms with E-state index >= 15 is 0 Å². The second kappa shape index (κ2) is 3.06. The van der Waals surface area contributed by atoms with Crippen molar-refractivity contribution in [2.24, 2.45) is 0 Å². The van der Waals surface area contributed by atoms with E-state index in [0.29, 0.717) is 11.0 Å². The van der Waals surface area contributed by atoms with Crippen molar-refractivity contribution in [3.8, 4) is 5.75 Å². The van der Waals surface area contributed by atoms with Gasteiger partial charge in [-0.15, -0.1) is 0 Å². The Morgan fingerprint density at radius 1 is 1.43 bits per heavy atom. The van der Waals surface area contributed by atoms with E-state index in [1.54, 1.807) is 12.1 Å². The van der Waals surface area contributed by atoms with E-state index in [2.05, 4.69) is 9.97 Å². The first kappa shape index (κ1) is 8.62. The van der Waals surface area contributed by atoms with E-state index < -0.39 is 0 Å². The molecule has 0 aliphatic rings. The highest BCUT2D eigenvalue weighted by molar-refractivity contribution is 5.94. The number of benzene rings is 1. The van der Waals surface area contributed by atoms with Crippen molar-refractivity contribution in [2.75, 3.05) is 0 Å². The molecule has 14 heavy (non-hydrogen) atoms. The van der Waals surface area contributed by atoms with Crippen LogP contribution in [0.15, 0.2) is 24.4 Å². The number of Topliss-reactive ketones (excluding diaryl/α,β-unsaturated/α-hetero) is 1. The van der Waals surface area contributed by atoms with Crippen molar-refractivity contribution < 1.29 is 9.90 Å². The summed E-state index contributed by atoms with van der Waals surface area (Å²) in [5.74, 6) is -0.124. The SMILES string of the molecule is CC(=O)c1cnc2cccc(O)c2n1. The lowest BCUT2D eigenvalue weighted by atomic mass is 10.2. The zero-order chi connectivity index (χ0) is 10.1. The Hall–Kier alpha value is -1.97. The average Bonchev–Trinajstić information content (AvgIpc) is 2.18. The van der Waals surface area contributed by atoms with Gasteiger partial charge < -0.3 is 5.11 Å². The molecule has 2 aromatic rings. The molecule has 70 valence electrons. The molecule has 0 radical (unpaired) electrons. The third-order valence-corrected chi connectivity index (χ3v) is 1.91. The number of carbonyl (C=O) groups excluding carboxylic acids is 1. The van der Waals surface area contributed by atoms with Crippen molar-refractivity contribution >= 4 is 16.8 Å². The molecule has 4 heteroatoms. The molecule has 0 unspecified atom stereocenters. The minimum atomic E-state index is -0.164. The largest absolute Gasteiger partial charge is 0.506 e. The number of aromatic nitrogens is 2. The van der Waals surface area contributed by atoms with Crippen molar-refractivity contribution in [1.82, 2.24) is 9.97 Å². The standard InChI is InChI=1S/C10H8N2O2/c1-6(13)8-5-11-7-3-2-4-9(14)10(7)12-8/h2-5,14H,1H3. The summed E-state index contributed by atoms with van der Waals surface area (Å²) < 4.78 is 0. The summed E-state index contributed by atoms with van der Waals surface area (Å²) in [6.45, 7) is 1.41. The Balaban J connectivity index is 2.76. The van der Waals surface area contributed by atoms with Crippen LogP contribution in [0.2, 0.25) is 0 Å². The van der Waals surface area contributed by atoms with E-state index in [1.807, 2.05) is 0 Å². The first-order valence-electron chi connectivity index (χ1n) is 4.14. The van der Waals surface area contributed by atoms with Gasteiger partial charge in [0.25, 0.3) is 0 Å². The molecule has 0 amide bonds. The molecule has 0 bridgehead atoms. The number of rotatable bonds is 1. The van der Waals surface area contributed by atoms with E-state index in [1.165, 1.54) is 19.2 Å². The first-order valence-corrected chi connectivity index (χ1v) is 4.14. The van der Waals surface area contributed by atoms with Crippen molar-refractivity contribution in [3.63, 3.8) is 0 Å². The monoisotopic (exact) mass is 188 g/mol. The Kier molecular flexibility index (Phi) is 1.89. The third-order valence-electron chi connectivity index (χ3n) is 1.91. The van der Waals surface area contributed by atoms with Gasteiger partial charge in [-0.1, -0.05) is 6.07 Å². The molecule has 0 atom stereocenters. The summed E-state index contributed by atoms with van der Waals surface area (Å²) in [5, 5.41) is 9.46. The highest BCUT2D eigenvalue weighted by atomic mass is 16.3. The summed E-state index contributed by atoms with van der Waals surface area (Å²) in [7, 11) is 0. The summed E-state index contributed by atoms with van der Waals surface area (Å²) in [4.78, 5) is 19.0. The number of phenols is 1. The van der Waals surface area contributed by atoms with Gasteiger partial charge in [0, 0.05) is 6.92 Å². The van der Waals surface area contributed by atoms with E-state index in [0.717, 1.165) is 0 Å². The highest BCUT2D eigenvalue weighted by Gasteiger charge is 2.06. The number of hydrogen-bond donors (Lipinski definition) is 1. The number of ketones is 1. The van der Waals surface area contributed by atoms with Crippen LogP contribution in [0.5, 0.6) is 5.75 Å². The van der Waals surface area contributed by atoms with Crippen LogP contribution in [-0.4, -0.2) is 20.9 Å². The maximum Gasteiger partial charge on any atom is 0.179 e. The number of aromatic hydroxyl groups is 1. The van der Waals surface area contributed by atoms with Gasteiger partial charge in [0.1, 0.15) is 17.0 Å². The molecular formula is C10H8N2O2. The number of hydrogen-bond acceptors (Lipinski definition) is 4. The lowest BCUT2D eigenvalue weighted by Gasteiger charge is -2.00. The Bertz CT molecular complexity index is 508. The van der Waals surface area contributed by atoms with Crippen molar-refractivity contribution in [3.05, 3.63) is 30.1 Å². The van der Waals surface area contributed by atoms with Gasteiger partial charge in [0.15, 0.2) is 5.78 Å². The van der Waals surface area contributed by atoms with Gasteiger partial charge in [0.2, 0.25) is 0 Å². The van der Waals surface area contributed by atoms with Crippen LogP contribution in [-0.2, 0) is 0 Å². The zero-order valence-corrected chi connectivity index (χ0v) is 7.56.